The van der Waals surface area contributed by atoms with E-state index in [4.69, 9.17) is 0 Å². The van der Waals surface area contributed by atoms with Gasteiger partial charge in [0.25, 0.3) is 0 Å². The molecule has 0 aromatic heterocycles. The molecular weight excluding hydrogens is 230 g/mol. The molecule has 0 radical (unpaired) electrons. The van der Waals surface area contributed by atoms with E-state index in [0.717, 1.165) is 25.3 Å². The first kappa shape index (κ1) is 16.2. The molecule has 1 N–H and O–H groups in total. The van der Waals surface area contributed by atoms with Crippen molar-refractivity contribution in [3.63, 3.8) is 0 Å². The summed E-state index contributed by atoms with van der Waals surface area (Å²) in [6.07, 6.45) is 4.67. The molecule has 0 saturated carbocycles. The molecule has 1 heteroatoms. The van der Waals surface area contributed by atoms with Crippen LogP contribution in [-0.2, 0) is 12.8 Å². The summed E-state index contributed by atoms with van der Waals surface area (Å²) in [4.78, 5) is 0. The lowest BCUT2D eigenvalue weighted by Gasteiger charge is -2.24. The fraction of sp³-hybridized carbons (Fsp3) is 0.667. The van der Waals surface area contributed by atoms with Gasteiger partial charge in [-0.1, -0.05) is 52.8 Å². The van der Waals surface area contributed by atoms with E-state index in [1.807, 2.05) is 0 Å². The lowest BCUT2D eigenvalue weighted by Crippen LogP contribution is -2.24. The molecule has 0 aliphatic heterocycles. The molecule has 0 bridgehead atoms. The van der Waals surface area contributed by atoms with E-state index in [1.165, 1.54) is 29.5 Å². The minimum absolute atomic E-state index is 0.515. The van der Waals surface area contributed by atoms with Crippen molar-refractivity contribution in [3.05, 3.63) is 34.9 Å². The molecule has 1 aromatic carbocycles. The summed E-state index contributed by atoms with van der Waals surface area (Å²) in [6, 6.07) is 7.56. The minimum atomic E-state index is 0.515. The predicted octanol–water partition coefficient (Wildman–Crippen LogP) is 4.90. The Morgan fingerprint density at radius 2 is 1.79 bits per heavy atom. The third-order valence-electron chi connectivity index (χ3n) is 3.72. The first-order chi connectivity index (χ1) is 9.12. The van der Waals surface area contributed by atoms with Crippen molar-refractivity contribution < 1.29 is 0 Å². The Hall–Kier alpha value is -0.820. The van der Waals surface area contributed by atoms with E-state index in [2.05, 4.69) is 58.1 Å². The quantitative estimate of drug-likeness (QED) is 0.702. The maximum absolute atomic E-state index is 3.74. The molecule has 0 aliphatic rings. The Balaban J connectivity index is 3.03. The number of hydrogen-bond acceptors (Lipinski definition) is 1. The number of aryl methyl sites for hydroxylation is 2. The lowest BCUT2D eigenvalue weighted by atomic mass is 9.90. The van der Waals surface area contributed by atoms with Crippen LogP contribution >= 0.6 is 0 Å². The van der Waals surface area contributed by atoms with Gasteiger partial charge >= 0.3 is 0 Å². The number of benzene rings is 1. The van der Waals surface area contributed by atoms with Gasteiger partial charge in [0.2, 0.25) is 0 Å². The van der Waals surface area contributed by atoms with Crippen LogP contribution in [0.4, 0.5) is 0 Å². The van der Waals surface area contributed by atoms with E-state index < -0.39 is 0 Å². The molecular formula is C18H31N. The molecule has 0 spiro atoms. The van der Waals surface area contributed by atoms with Gasteiger partial charge in [-0.25, -0.2) is 0 Å². The maximum atomic E-state index is 3.74. The van der Waals surface area contributed by atoms with Gasteiger partial charge in [0.05, 0.1) is 0 Å². The topological polar surface area (TPSA) is 12.0 Å². The Kier molecular flexibility index (Phi) is 7.15. The number of nitrogens with one attached hydrogen (secondary N) is 1. The molecule has 0 heterocycles. The monoisotopic (exact) mass is 261 g/mol. The average Bonchev–Trinajstić information content (AvgIpc) is 2.42. The number of rotatable bonds is 8. The van der Waals surface area contributed by atoms with E-state index in [-0.39, 0.29) is 0 Å². The van der Waals surface area contributed by atoms with Gasteiger partial charge in [0.15, 0.2) is 0 Å². The molecule has 1 rings (SSSR count). The second-order valence-corrected chi connectivity index (χ2v) is 5.88. The van der Waals surface area contributed by atoms with Crippen LogP contribution in [-0.4, -0.2) is 6.54 Å². The molecule has 19 heavy (non-hydrogen) atoms. The van der Waals surface area contributed by atoms with Gasteiger partial charge in [-0.2, -0.15) is 0 Å². The van der Waals surface area contributed by atoms with Crippen LogP contribution in [0.3, 0.4) is 0 Å². The SMILES string of the molecule is CCCNC(CC(C)C)c1cc(CC)ccc1CC. The van der Waals surface area contributed by atoms with Crippen molar-refractivity contribution in [1.29, 1.82) is 0 Å². The van der Waals surface area contributed by atoms with Gasteiger partial charge in [0, 0.05) is 6.04 Å². The van der Waals surface area contributed by atoms with Crippen molar-refractivity contribution in [3.8, 4) is 0 Å². The molecule has 0 aliphatic carbocycles. The summed E-state index contributed by atoms with van der Waals surface area (Å²) in [5.74, 6) is 0.726. The summed E-state index contributed by atoms with van der Waals surface area (Å²) in [5, 5.41) is 3.74. The summed E-state index contributed by atoms with van der Waals surface area (Å²) in [6.45, 7) is 12.5. The second-order valence-electron chi connectivity index (χ2n) is 5.88. The van der Waals surface area contributed by atoms with E-state index in [0.29, 0.717) is 6.04 Å². The largest absolute Gasteiger partial charge is 0.310 e. The van der Waals surface area contributed by atoms with Crippen molar-refractivity contribution in [2.24, 2.45) is 5.92 Å². The standard InChI is InChI=1S/C18H31N/c1-6-11-19-18(12-14(4)5)17-13-15(7-2)9-10-16(17)8-3/h9-10,13-14,18-19H,6-8,11-12H2,1-5H3. The Labute approximate surface area is 119 Å². The van der Waals surface area contributed by atoms with Crippen molar-refractivity contribution in [1.82, 2.24) is 5.32 Å². The summed E-state index contributed by atoms with van der Waals surface area (Å²) in [7, 11) is 0. The van der Waals surface area contributed by atoms with Crippen LogP contribution in [0.1, 0.15) is 70.2 Å². The van der Waals surface area contributed by atoms with Crippen molar-refractivity contribution in [2.45, 2.75) is 66.3 Å². The highest BCUT2D eigenvalue weighted by Gasteiger charge is 2.16. The highest BCUT2D eigenvalue weighted by Crippen LogP contribution is 2.26. The highest BCUT2D eigenvalue weighted by molar-refractivity contribution is 5.34. The zero-order valence-electron chi connectivity index (χ0n) is 13.4. The first-order valence-corrected chi connectivity index (χ1v) is 7.97. The third kappa shape index (κ3) is 4.99. The second kappa shape index (κ2) is 8.37. The fourth-order valence-electron chi connectivity index (χ4n) is 2.62. The highest BCUT2D eigenvalue weighted by atomic mass is 14.9. The van der Waals surface area contributed by atoms with Crippen LogP contribution in [0.2, 0.25) is 0 Å². The summed E-state index contributed by atoms with van der Waals surface area (Å²) < 4.78 is 0. The van der Waals surface area contributed by atoms with Crippen LogP contribution in [0, 0.1) is 5.92 Å². The van der Waals surface area contributed by atoms with Crippen LogP contribution in [0.25, 0.3) is 0 Å². The third-order valence-corrected chi connectivity index (χ3v) is 3.72. The van der Waals surface area contributed by atoms with Crippen LogP contribution in [0.5, 0.6) is 0 Å². The van der Waals surface area contributed by atoms with Crippen molar-refractivity contribution >= 4 is 0 Å². The molecule has 1 aromatic rings. The first-order valence-electron chi connectivity index (χ1n) is 7.97. The average molecular weight is 261 g/mol. The molecule has 0 amide bonds. The van der Waals surface area contributed by atoms with E-state index in [9.17, 15) is 0 Å². The normalized spacial score (nSPS) is 12.9. The van der Waals surface area contributed by atoms with E-state index >= 15 is 0 Å². The van der Waals surface area contributed by atoms with Crippen molar-refractivity contribution in [2.75, 3.05) is 6.54 Å². The Bertz CT molecular complexity index is 368. The van der Waals surface area contributed by atoms with Gasteiger partial charge in [-0.3, -0.25) is 0 Å². The molecule has 0 saturated heterocycles. The van der Waals surface area contributed by atoms with Gasteiger partial charge in [-0.15, -0.1) is 0 Å². The zero-order valence-corrected chi connectivity index (χ0v) is 13.4. The molecule has 1 atom stereocenters. The molecule has 1 nitrogen and oxygen atoms in total. The summed E-state index contributed by atoms with van der Waals surface area (Å²) >= 11 is 0. The van der Waals surface area contributed by atoms with Gasteiger partial charge in [0.1, 0.15) is 0 Å². The van der Waals surface area contributed by atoms with Gasteiger partial charge < -0.3 is 5.32 Å². The lowest BCUT2D eigenvalue weighted by molar-refractivity contribution is 0.428. The predicted molar refractivity (Wildman–Crippen MR) is 85.7 cm³/mol. The van der Waals surface area contributed by atoms with E-state index in [1.54, 1.807) is 0 Å². The number of hydrogen-bond donors (Lipinski definition) is 1. The Morgan fingerprint density at radius 3 is 2.32 bits per heavy atom. The molecule has 108 valence electrons. The minimum Gasteiger partial charge on any atom is -0.310 e. The zero-order chi connectivity index (χ0) is 14.3. The van der Waals surface area contributed by atoms with Crippen LogP contribution < -0.4 is 5.32 Å². The molecule has 0 fully saturated rings. The Morgan fingerprint density at radius 1 is 1.05 bits per heavy atom. The van der Waals surface area contributed by atoms with Crippen LogP contribution in [0.15, 0.2) is 18.2 Å². The smallest absolute Gasteiger partial charge is 0.0325 e. The fourth-order valence-corrected chi connectivity index (χ4v) is 2.62. The summed E-state index contributed by atoms with van der Waals surface area (Å²) in [5.41, 5.74) is 4.50. The molecule has 1 unspecified atom stereocenters. The maximum Gasteiger partial charge on any atom is 0.0325 e. The van der Waals surface area contributed by atoms with Gasteiger partial charge in [-0.05, 0) is 54.8 Å².